The van der Waals surface area contributed by atoms with Gasteiger partial charge in [-0.05, 0) is 30.9 Å². The predicted octanol–water partition coefficient (Wildman–Crippen LogP) is -1.37. The maximum Gasteiger partial charge on any atom is 0.242 e. The molecule has 0 bridgehead atoms. The summed E-state index contributed by atoms with van der Waals surface area (Å²) >= 11 is 0. The number of hydrogen-bond acceptors (Lipinski definition) is 7. The van der Waals surface area contributed by atoms with E-state index in [9.17, 15) is 9.59 Å². The van der Waals surface area contributed by atoms with E-state index in [1.165, 1.54) is 0 Å². The van der Waals surface area contributed by atoms with Gasteiger partial charge in [-0.1, -0.05) is 38.1 Å². The van der Waals surface area contributed by atoms with Gasteiger partial charge < -0.3 is 33.6 Å². The third-order valence-corrected chi connectivity index (χ3v) is 4.44. The average molecular weight is 407 g/mol. The molecule has 2 atom stereocenters. The van der Waals surface area contributed by atoms with Gasteiger partial charge in [0.25, 0.3) is 0 Å². The zero-order valence-corrected chi connectivity index (χ0v) is 17.1. The van der Waals surface area contributed by atoms with Crippen LogP contribution in [0.2, 0.25) is 0 Å². The fourth-order valence-electron chi connectivity index (χ4n) is 2.53. The summed E-state index contributed by atoms with van der Waals surface area (Å²) in [5.41, 5.74) is 23.7. The van der Waals surface area contributed by atoms with Crippen LogP contribution in [0.5, 0.6) is 0 Å². The van der Waals surface area contributed by atoms with Crippen molar-refractivity contribution in [3.63, 3.8) is 0 Å². The molecule has 0 aromatic heterocycles. The van der Waals surface area contributed by atoms with Crippen LogP contribution in [0.1, 0.15) is 37.8 Å². The summed E-state index contributed by atoms with van der Waals surface area (Å²) in [5, 5.41) is 15.8. The van der Waals surface area contributed by atoms with E-state index >= 15 is 0 Å². The number of amides is 2. The van der Waals surface area contributed by atoms with E-state index in [-0.39, 0.29) is 30.1 Å². The van der Waals surface area contributed by atoms with Crippen LogP contribution in [0.15, 0.2) is 24.3 Å². The van der Waals surface area contributed by atoms with Crippen molar-refractivity contribution >= 4 is 17.6 Å². The maximum absolute atomic E-state index is 12.7. The van der Waals surface area contributed by atoms with Crippen molar-refractivity contribution < 1.29 is 9.59 Å². The number of rotatable bonds is 12. The monoisotopic (exact) mass is 406 g/mol. The van der Waals surface area contributed by atoms with Crippen LogP contribution in [0.4, 0.5) is 0 Å². The van der Waals surface area contributed by atoms with Gasteiger partial charge in [-0.2, -0.15) is 0 Å². The van der Waals surface area contributed by atoms with Crippen LogP contribution in [0.25, 0.3) is 0 Å². The number of nitrogen functional groups attached to an aromatic ring is 1. The highest BCUT2D eigenvalue weighted by molar-refractivity contribution is 5.95. The van der Waals surface area contributed by atoms with E-state index in [0.29, 0.717) is 24.9 Å². The van der Waals surface area contributed by atoms with Crippen molar-refractivity contribution in [2.75, 3.05) is 6.54 Å². The van der Waals surface area contributed by atoms with Crippen LogP contribution in [-0.2, 0) is 16.1 Å². The summed E-state index contributed by atoms with van der Waals surface area (Å²) in [7, 11) is 0. The van der Waals surface area contributed by atoms with Gasteiger partial charge >= 0.3 is 0 Å². The maximum atomic E-state index is 12.7. The highest BCUT2D eigenvalue weighted by Gasteiger charge is 2.24. The zero-order chi connectivity index (χ0) is 22.0. The molecule has 12 N–H and O–H groups in total. The van der Waals surface area contributed by atoms with Gasteiger partial charge in [0.1, 0.15) is 18.2 Å². The van der Waals surface area contributed by atoms with E-state index in [1.54, 1.807) is 24.3 Å². The molecule has 0 saturated heterocycles. The summed E-state index contributed by atoms with van der Waals surface area (Å²) < 4.78 is 0. The van der Waals surface area contributed by atoms with Gasteiger partial charge in [0.05, 0.1) is 6.04 Å². The van der Waals surface area contributed by atoms with Crippen LogP contribution in [-0.4, -0.2) is 42.6 Å². The summed E-state index contributed by atoms with van der Waals surface area (Å²) in [4.78, 5) is 25.0. The molecule has 162 valence electrons. The van der Waals surface area contributed by atoms with Crippen LogP contribution in [0, 0.1) is 11.3 Å². The third-order valence-electron chi connectivity index (χ3n) is 4.44. The molecule has 2 amide bonds. The van der Waals surface area contributed by atoms with Crippen molar-refractivity contribution in [1.82, 2.24) is 16.0 Å². The molecule has 1 rings (SSSR count). The molecule has 10 nitrogen and oxygen atoms in total. The molecule has 0 aliphatic heterocycles. The Morgan fingerprint density at radius 3 is 2.21 bits per heavy atom. The number of amidine groups is 1. The van der Waals surface area contributed by atoms with Crippen LogP contribution < -0.4 is 38.9 Å². The first-order valence-electron chi connectivity index (χ1n) is 9.63. The molecule has 0 aliphatic carbocycles. The lowest BCUT2D eigenvalue weighted by molar-refractivity contribution is -0.130. The lowest BCUT2D eigenvalue weighted by atomic mass is 10.0. The standard InChI is InChI=1S/C19H34N8O2/c1-11(2)15(20)18(29)27-14(4-3-9-25-19(23)24)17(28)26-10-12-5-7-13(8-6-12)16(21)22/h5-8,11,14-15,19,25H,3-4,9-10,20,23-24H2,1-2H3,(H3,21,22)(H,26,28)(H,27,29)/t14-,15-/m0/s1. The largest absolute Gasteiger partial charge is 0.384 e. The van der Waals surface area contributed by atoms with E-state index in [1.807, 2.05) is 13.8 Å². The second-order valence-corrected chi connectivity index (χ2v) is 7.28. The molecule has 0 heterocycles. The minimum Gasteiger partial charge on any atom is -0.384 e. The molecule has 0 radical (unpaired) electrons. The van der Waals surface area contributed by atoms with Crippen molar-refractivity contribution in [1.29, 1.82) is 5.41 Å². The first-order valence-corrected chi connectivity index (χ1v) is 9.63. The second-order valence-electron chi connectivity index (χ2n) is 7.28. The quantitative estimate of drug-likeness (QED) is 0.0905. The second kappa shape index (κ2) is 12.1. The van der Waals surface area contributed by atoms with Gasteiger partial charge in [0, 0.05) is 12.1 Å². The van der Waals surface area contributed by atoms with Gasteiger partial charge in [0.2, 0.25) is 11.8 Å². The highest BCUT2D eigenvalue weighted by atomic mass is 16.2. The van der Waals surface area contributed by atoms with Gasteiger partial charge in [-0.3, -0.25) is 20.3 Å². The minimum atomic E-state index is -0.723. The number of nitrogens with two attached hydrogens (primary N) is 4. The van der Waals surface area contributed by atoms with Crippen molar-refractivity contribution in [2.45, 2.75) is 51.6 Å². The third kappa shape index (κ3) is 9.01. The number of carbonyl (C=O) groups is 2. The van der Waals surface area contributed by atoms with Crippen molar-refractivity contribution in [3.8, 4) is 0 Å². The summed E-state index contributed by atoms with van der Waals surface area (Å²) in [6, 6.07) is 5.58. The van der Waals surface area contributed by atoms with Crippen molar-refractivity contribution in [2.24, 2.45) is 28.9 Å². The van der Waals surface area contributed by atoms with Crippen LogP contribution >= 0.6 is 0 Å². The molecular formula is C19H34N8O2. The Hall–Kier alpha value is -2.53. The minimum absolute atomic E-state index is 0.0179. The molecule has 1 aromatic carbocycles. The highest BCUT2D eigenvalue weighted by Crippen LogP contribution is 2.06. The van der Waals surface area contributed by atoms with E-state index in [4.69, 9.17) is 28.3 Å². The topological polar surface area (TPSA) is 198 Å². The smallest absolute Gasteiger partial charge is 0.242 e. The SMILES string of the molecule is CC(C)[C@H](N)C(=O)N[C@@H](CCCNC(N)N)C(=O)NCc1ccc(C(=N)N)cc1. The van der Waals surface area contributed by atoms with E-state index in [2.05, 4.69) is 16.0 Å². The number of hydrogen-bond donors (Lipinski definition) is 8. The number of benzene rings is 1. The Bertz CT molecular complexity index is 675. The Morgan fingerprint density at radius 1 is 1.07 bits per heavy atom. The number of nitrogens with one attached hydrogen (secondary N) is 4. The van der Waals surface area contributed by atoms with Gasteiger partial charge in [-0.25, -0.2) is 0 Å². The normalized spacial score (nSPS) is 13.2. The van der Waals surface area contributed by atoms with Gasteiger partial charge in [-0.15, -0.1) is 0 Å². The molecule has 0 unspecified atom stereocenters. The molecular weight excluding hydrogens is 372 g/mol. The Balaban J connectivity index is 2.69. The van der Waals surface area contributed by atoms with E-state index in [0.717, 1.165) is 5.56 Å². The molecule has 0 saturated carbocycles. The van der Waals surface area contributed by atoms with E-state index < -0.39 is 18.4 Å². The molecule has 29 heavy (non-hydrogen) atoms. The fourth-order valence-corrected chi connectivity index (χ4v) is 2.53. The lowest BCUT2D eigenvalue weighted by Gasteiger charge is -2.22. The molecule has 1 aromatic rings. The lowest BCUT2D eigenvalue weighted by Crippen LogP contribution is -2.53. The Morgan fingerprint density at radius 2 is 1.69 bits per heavy atom. The summed E-state index contributed by atoms with van der Waals surface area (Å²) in [6.07, 6.45) is 0.364. The molecule has 0 spiro atoms. The molecule has 10 heteroatoms. The van der Waals surface area contributed by atoms with Crippen molar-refractivity contribution in [3.05, 3.63) is 35.4 Å². The first-order chi connectivity index (χ1) is 13.6. The summed E-state index contributed by atoms with van der Waals surface area (Å²) in [5.74, 6) is -0.734. The first kappa shape index (κ1) is 24.5. The van der Waals surface area contributed by atoms with Gasteiger partial charge in [0.15, 0.2) is 0 Å². The summed E-state index contributed by atoms with van der Waals surface area (Å²) in [6.45, 7) is 4.48. The number of carbonyl (C=O) groups excluding carboxylic acids is 2. The Kier molecular flexibility index (Phi) is 10.2. The predicted molar refractivity (Wildman–Crippen MR) is 113 cm³/mol. The molecule has 0 aliphatic rings. The fraction of sp³-hybridized carbons (Fsp3) is 0.526. The van der Waals surface area contributed by atoms with Crippen LogP contribution in [0.3, 0.4) is 0 Å². The average Bonchev–Trinajstić information content (AvgIpc) is 2.67. The zero-order valence-electron chi connectivity index (χ0n) is 17.1. The molecule has 0 fully saturated rings. The Labute approximate surface area is 171 Å².